The Morgan fingerprint density at radius 1 is 1.18 bits per heavy atom. The predicted molar refractivity (Wildman–Crippen MR) is 66.5 cm³/mol. The second kappa shape index (κ2) is 4.97. The molecule has 3 nitrogen and oxygen atoms in total. The van der Waals surface area contributed by atoms with E-state index < -0.39 is 10.8 Å². The molecule has 2 aromatic rings. The Morgan fingerprint density at radius 2 is 1.88 bits per heavy atom. The van der Waals surface area contributed by atoms with E-state index in [4.69, 9.17) is 11.6 Å². The molecule has 0 atom stereocenters. The van der Waals surface area contributed by atoms with E-state index in [1.165, 1.54) is 6.20 Å². The molecule has 0 saturated carbocycles. The van der Waals surface area contributed by atoms with Gasteiger partial charge in [-0.15, -0.1) is 0 Å². The van der Waals surface area contributed by atoms with Crippen LogP contribution >= 0.6 is 11.6 Å². The Kier molecular flexibility index (Phi) is 3.40. The highest BCUT2D eigenvalue weighted by Crippen LogP contribution is 2.12. The first-order valence-corrected chi connectivity index (χ1v) is 5.50. The number of hydrogen-bond acceptors (Lipinski definition) is 2. The summed E-state index contributed by atoms with van der Waals surface area (Å²) in [5, 5.41) is -0.724. The number of H-pyrrole nitrogens is 1. The summed E-state index contributed by atoms with van der Waals surface area (Å²) in [6.07, 6.45) is 2.03. The van der Waals surface area contributed by atoms with E-state index in [2.05, 4.69) is 4.98 Å². The van der Waals surface area contributed by atoms with Gasteiger partial charge < -0.3 is 4.98 Å². The molecule has 86 valence electrons. The fraction of sp³-hybridized carbons (Fsp3) is 0.0769. The van der Waals surface area contributed by atoms with Gasteiger partial charge >= 0.3 is 0 Å². The number of aromatic amines is 1. The van der Waals surface area contributed by atoms with Crippen molar-refractivity contribution in [3.05, 3.63) is 69.6 Å². The van der Waals surface area contributed by atoms with Crippen molar-refractivity contribution in [3.63, 3.8) is 0 Å². The van der Waals surface area contributed by atoms with Crippen molar-refractivity contribution in [2.75, 3.05) is 0 Å². The zero-order chi connectivity index (χ0) is 12.3. The molecule has 1 N–H and O–H groups in total. The van der Waals surface area contributed by atoms with Crippen LogP contribution in [0.5, 0.6) is 0 Å². The Morgan fingerprint density at radius 3 is 2.53 bits per heavy atom. The molecule has 0 bridgehead atoms. The fourth-order valence-electron chi connectivity index (χ4n) is 1.70. The molecule has 1 heterocycles. The smallest absolute Gasteiger partial charge is 0.260 e. The van der Waals surface area contributed by atoms with Crippen LogP contribution in [0.4, 0.5) is 0 Å². The summed E-state index contributed by atoms with van der Waals surface area (Å²) < 4.78 is 0. The number of benzene rings is 1. The van der Waals surface area contributed by atoms with Crippen LogP contribution in [0.1, 0.15) is 21.5 Å². The van der Waals surface area contributed by atoms with Gasteiger partial charge in [-0.1, -0.05) is 30.3 Å². The van der Waals surface area contributed by atoms with E-state index in [-0.39, 0.29) is 5.56 Å². The predicted octanol–water partition coefficient (Wildman–Crippen LogP) is 2.34. The quantitative estimate of drug-likeness (QED) is 0.847. The Hall–Kier alpha value is -1.87. The standard InChI is InChI=1S/C13H10ClNO2/c14-12(16)11-10(6-7-15-13(11)17)8-9-4-2-1-3-5-9/h1-7H,8H2,(H,15,17). The first-order valence-electron chi connectivity index (χ1n) is 5.13. The van der Waals surface area contributed by atoms with Crippen LogP contribution in [0, 0.1) is 0 Å². The maximum Gasteiger partial charge on any atom is 0.260 e. The maximum atomic E-state index is 11.5. The van der Waals surface area contributed by atoms with Crippen LogP contribution < -0.4 is 5.56 Å². The van der Waals surface area contributed by atoms with Gasteiger partial charge in [-0.25, -0.2) is 0 Å². The van der Waals surface area contributed by atoms with Gasteiger partial charge in [0.05, 0.1) is 0 Å². The number of hydrogen-bond donors (Lipinski definition) is 1. The van der Waals surface area contributed by atoms with Crippen molar-refractivity contribution in [2.24, 2.45) is 0 Å². The molecule has 1 aromatic carbocycles. The largest absolute Gasteiger partial charge is 0.328 e. The van der Waals surface area contributed by atoms with Crippen LogP contribution in [-0.4, -0.2) is 10.2 Å². The lowest BCUT2D eigenvalue weighted by molar-refractivity contribution is 0.107. The van der Waals surface area contributed by atoms with Crippen LogP contribution in [0.3, 0.4) is 0 Å². The number of nitrogens with one attached hydrogen (secondary N) is 1. The van der Waals surface area contributed by atoms with Gasteiger partial charge in [-0.05, 0) is 35.2 Å². The number of carbonyl (C=O) groups is 1. The van der Waals surface area contributed by atoms with Gasteiger partial charge in [0, 0.05) is 6.20 Å². The number of rotatable bonds is 3. The van der Waals surface area contributed by atoms with Crippen LogP contribution in [0.15, 0.2) is 47.4 Å². The molecule has 0 unspecified atom stereocenters. The monoisotopic (exact) mass is 247 g/mol. The van der Waals surface area contributed by atoms with Crippen molar-refractivity contribution in [1.82, 2.24) is 4.98 Å². The molecule has 1 aromatic heterocycles. The number of carbonyl (C=O) groups excluding carboxylic acids is 1. The molecule has 0 fully saturated rings. The van der Waals surface area contributed by atoms with E-state index in [1.54, 1.807) is 6.07 Å². The Labute approximate surface area is 103 Å². The highest BCUT2D eigenvalue weighted by atomic mass is 35.5. The van der Waals surface area contributed by atoms with Crippen molar-refractivity contribution < 1.29 is 4.79 Å². The van der Waals surface area contributed by atoms with E-state index in [1.807, 2.05) is 30.3 Å². The molecule has 0 radical (unpaired) electrons. The molecule has 0 amide bonds. The van der Waals surface area contributed by atoms with E-state index in [0.29, 0.717) is 12.0 Å². The lowest BCUT2D eigenvalue weighted by Gasteiger charge is -2.04. The molecular weight excluding hydrogens is 238 g/mol. The Bertz CT molecular complexity index is 590. The SMILES string of the molecule is O=C(Cl)c1c(Cc2ccccc2)cc[nH]c1=O. The number of pyridine rings is 1. The summed E-state index contributed by atoms with van der Waals surface area (Å²) in [6.45, 7) is 0. The van der Waals surface area contributed by atoms with Crippen molar-refractivity contribution in [2.45, 2.75) is 6.42 Å². The van der Waals surface area contributed by atoms with E-state index in [9.17, 15) is 9.59 Å². The molecule has 0 aliphatic heterocycles. The zero-order valence-electron chi connectivity index (χ0n) is 8.94. The summed E-state index contributed by atoms with van der Waals surface area (Å²) in [6, 6.07) is 11.3. The van der Waals surface area contributed by atoms with Crippen LogP contribution in [0.2, 0.25) is 0 Å². The lowest BCUT2D eigenvalue weighted by Crippen LogP contribution is -2.17. The minimum atomic E-state index is -0.724. The molecule has 2 rings (SSSR count). The summed E-state index contributed by atoms with van der Waals surface area (Å²) in [5.74, 6) is 0. The summed E-state index contributed by atoms with van der Waals surface area (Å²) in [5.41, 5.74) is 1.24. The van der Waals surface area contributed by atoms with Gasteiger partial charge in [-0.2, -0.15) is 0 Å². The minimum Gasteiger partial charge on any atom is -0.328 e. The average molecular weight is 248 g/mol. The fourth-order valence-corrected chi connectivity index (χ4v) is 1.91. The third-order valence-corrected chi connectivity index (χ3v) is 2.67. The zero-order valence-corrected chi connectivity index (χ0v) is 9.70. The lowest BCUT2D eigenvalue weighted by atomic mass is 10.0. The molecule has 17 heavy (non-hydrogen) atoms. The first kappa shape index (κ1) is 11.6. The maximum absolute atomic E-state index is 11.5. The molecule has 0 spiro atoms. The van der Waals surface area contributed by atoms with Crippen molar-refractivity contribution in [1.29, 1.82) is 0 Å². The highest BCUT2D eigenvalue weighted by Gasteiger charge is 2.13. The summed E-state index contributed by atoms with van der Waals surface area (Å²) in [7, 11) is 0. The van der Waals surface area contributed by atoms with Crippen molar-refractivity contribution >= 4 is 16.8 Å². The van der Waals surface area contributed by atoms with Crippen molar-refractivity contribution in [3.8, 4) is 0 Å². The molecule has 0 saturated heterocycles. The summed E-state index contributed by atoms with van der Waals surface area (Å²) in [4.78, 5) is 25.2. The average Bonchev–Trinajstić information content (AvgIpc) is 2.30. The van der Waals surface area contributed by atoms with Gasteiger partial charge in [0.1, 0.15) is 5.56 Å². The summed E-state index contributed by atoms with van der Waals surface area (Å²) >= 11 is 5.42. The third-order valence-electron chi connectivity index (χ3n) is 2.48. The van der Waals surface area contributed by atoms with Gasteiger partial charge in [0.2, 0.25) is 0 Å². The van der Waals surface area contributed by atoms with Gasteiger partial charge in [0.25, 0.3) is 10.8 Å². The van der Waals surface area contributed by atoms with Gasteiger partial charge in [-0.3, -0.25) is 9.59 Å². The second-order valence-electron chi connectivity index (χ2n) is 3.64. The third kappa shape index (κ3) is 2.63. The highest BCUT2D eigenvalue weighted by molar-refractivity contribution is 6.67. The van der Waals surface area contributed by atoms with E-state index >= 15 is 0 Å². The number of aromatic nitrogens is 1. The van der Waals surface area contributed by atoms with Crippen LogP contribution in [0.25, 0.3) is 0 Å². The first-order chi connectivity index (χ1) is 8.18. The number of halogens is 1. The van der Waals surface area contributed by atoms with Crippen LogP contribution in [-0.2, 0) is 6.42 Å². The van der Waals surface area contributed by atoms with E-state index in [0.717, 1.165) is 5.56 Å². The molecular formula is C13H10ClNO2. The molecule has 0 aliphatic rings. The van der Waals surface area contributed by atoms with Gasteiger partial charge in [0.15, 0.2) is 0 Å². The second-order valence-corrected chi connectivity index (χ2v) is 3.99. The topological polar surface area (TPSA) is 49.9 Å². The normalized spacial score (nSPS) is 10.2. The molecule has 4 heteroatoms. The molecule has 0 aliphatic carbocycles. The Balaban J connectivity index is 2.43. The minimum absolute atomic E-state index is 0.0259.